The fourth-order valence-corrected chi connectivity index (χ4v) is 3.23. The molecule has 1 aromatic carbocycles. The van der Waals surface area contributed by atoms with Crippen molar-refractivity contribution in [3.63, 3.8) is 0 Å². The van der Waals surface area contributed by atoms with Crippen LogP contribution in [0.2, 0.25) is 0 Å². The van der Waals surface area contributed by atoms with Crippen LogP contribution in [0.15, 0.2) is 18.2 Å². The second-order valence-corrected chi connectivity index (χ2v) is 7.12. The molecule has 4 nitrogen and oxygen atoms in total. The van der Waals surface area contributed by atoms with E-state index in [4.69, 9.17) is 10.5 Å². The minimum Gasteiger partial charge on any atom is -0.481 e. The predicted octanol–water partition coefficient (Wildman–Crippen LogP) is 3.22. The van der Waals surface area contributed by atoms with Crippen LogP contribution in [-0.2, 0) is 4.79 Å². The highest BCUT2D eigenvalue weighted by Gasteiger charge is 2.31. The molecule has 23 heavy (non-hydrogen) atoms. The number of amides is 1. The van der Waals surface area contributed by atoms with Crippen LogP contribution in [0.3, 0.4) is 0 Å². The number of benzene rings is 1. The fraction of sp³-hybridized carbons (Fsp3) is 0.632. The Morgan fingerprint density at radius 1 is 1.35 bits per heavy atom. The van der Waals surface area contributed by atoms with E-state index in [1.165, 1.54) is 0 Å². The minimum atomic E-state index is -0.480. The Balaban J connectivity index is 2.11. The molecule has 1 heterocycles. The SMILES string of the molecule is Cc1ccc(C(C)C)c(O[C@H](C)C(=O)N2CC[C@H](N)C[C@@H]2C)c1. The van der Waals surface area contributed by atoms with Crippen LogP contribution in [0.1, 0.15) is 57.6 Å². The Hall–Kier alpha value is -1.55. The summed E-state index contributed by atoms with van der Waals surface area (Å²) < 4.78 is 6.06. The molecule has 1 amide bonds. The number of aryl methyl sites for hydroxylation is 1. The van der Waals surface area contributed by atoms with Crippen molar-refractivity contribution in [3.8, 4) is 5.75 Å². The monoisotopic (exact) mass is 318 g/mol. The summed E-state index contributed by atoms with van der Waals surface area (Å²) in [4.78, 5) is 14.7. The lowest BCUT2D eigenvalue weighted by Gasteiger charge is -2.37. The average molecular weight is 318 g/mol. The van der Waals surface area contributed by atoms with E-state index in [0.717, 1.165) is 36.3 Å². The number of ether oxygens (including phenoxy) is 1. The van der Waals surface area contributed by atoms with Gasteiger partial charge in [0.05, 0.1) is 0 Å². The first-order valence-corrected chi connectivity index (χ1v) is 8.62. The van der Waals surface area contributed by atoms with Crippen LogP contribution in [-0.4, -0.2) is 35.5 Å². The van der Waals surface area contributed by atoms with Crippen molar-refractivity contribution in [2.45, 2.75) is 71.6 Å². The van der Waals surface area contributed by atoms with Crippen LogP contribution in [0.25, 0.3) is 0 Å². The van der Waals surface area contributed by atoms with E-state index < -0.39 is 6.10 Å². The summed E-state index contributed by atoms with van der Waals surface area (Å²) in [6.07, 6.45) is 1.25. The van der Waals surface area contributed by atoms with Gasteiger partial charge in [-0.3, -0.25) is 4.79 Å². The summed E-state index contributed by atoms with van der Waals surface area (Å²) in [5.41, 5.74) is 8.27. The third-order valence-corrected chi connectivity index (χ3v) is 4.64. The highest BCUT2D eigenvalue weighted by atomic mass is 16.5. The van der Waals surface area contributed by atoms with Crippen LogP contribution in [0, 0.1) is 6.92 Å². The molecule has 3 atom stereocenters. The maximum Gasteiger partial charge on any atom is 0.263 e. The normalized spacial score (nSPS) is 23.0. The molecule has 1 fully saturated rings. The van der Waals surface area contributed by atoms with Crippen LogP contribution < -0.4 is 10.5 Å². The largest absolute Gasteiger partial charge is 0.481 e. The molecule has 0 aliphatic carbocycles. The molecule has 4 heteroatoms. The van der Waals surface area contributed by atoms with Gasteiger partial charge < -0.3 is 15.4 Å². The number of rotatable bonds is 4. The fourth-order valence-electron chi connectivity index (χ4n) is 3.23. The van der Waals surface area contributed by atoms with Gasteiger partial charge >= 0.3 is 0 Å². The van der Waals surface area contributed by atoms with Crippen molar-refractivity contribution < 1.29 is 9.53 Å². The summed E-state index contributed by atoms with van der Waals surface area (Å²) in [5.74, 6) is 1.24. The van der Waals surface area contributed by atoms with E-state index in [1.807, 2.05) is 24.8 Å². The second-order valence-electron chi connectivity index (χ2n) is 7.12. The second kappa shape index (κ2) is 7.35. The number of carbonyl (C=O) groups is 1. The lowest BCUT2D eigenvalue weighted by atomic mass is 9.98. The lowest BCUT2D eigenvalue weighted by molar-refractivity contribution is -0.141. The molecule has 1 aliphatic heterocycles. The van der Waals surface area contributed by atoms with Gasteiger partial charge in [0.15, 0.2) is 6.10 Å². The summed E-state index contributed by atoms with van der Waals surface area (Å²) in [7, 11) is 0. The molecular formula is C19H30N2O2. The highest BCUT2D eigenvalue weighted by molar-refractivity contribution is 5.81. The molecule has 0 aromatic heterocycles. The molecule has 128 valence electrons. The maximum absolute atomic E-state index is 12.7. The first kappa shape index (κ1) is 17.8. The van der Waals surface area contributed by atoms with E-state index in [0.29, 0.717) is 5.92 Å². The van der Waals surface area contributed by atoms with Gasteiger partial charge in [-0.1, -0.05) is 26.0 Å². The zero-order chi connectivity index (χ0) is 17.1. The zero-order valence-corrected chi connectivity index (χ0v) is 15.0. The van der Waals surface area contributed by atoms with Crippen LogP contribution >= 0.6 is 0 Å². The summed E-state index contributed by atoms with van der Waals surface area (Å²) in [6.45, 7) is 10.9. The zero-order valence-electron chi connectivity index (χ0n) is 15.0. The molecule has 0 unspecified atom stereocenters. The number of likely N-dealkylation sites (tertiary alicyclic amines) is 1. The van der Waals surface area contributed by atoms with Crippen molar-refractivity contribution in [3.05, 3.63) is 29.3 Å². The maximum atomic E-state index is 12.7. The summed E-state index contributed by atoms with van der Waals surface area (Å²) >= 11 is 0. The van der Waals surface area contributed by atoms with Gasteiger partial charge in [-0.05, 0) is 56.7 Å². The van der Waals surface area contributed by atoms with Gasteiger partial charge in [0.1, 0.15) is 5.75 Å². The molecule has 2 rings (SSSR count). The Morgan fingerprint density at radius 2 is 2.04 bits per heavy atom. The van der Waals surface area contributed by atoms with Gasteiger partial charge in [-0.2, -0.15) is 0 Å². The van der Waals surface area contributed by atoms with Crippen molar-refractivity contribution in [1.29, 1.82) is 0 Å². The molecule has 1 aromatic rings. The smallest absolute Gasteiger partial charge is 0.263 e. The number of hydrogen-bond acceptors (Lipinski definition) is 3. The van der Waals surface area contributed by atoms with E-state index in [2.05, 4.69) is 32.9 Å². The molecular weight excluding hydrogens is 288 g/mol. The Labute approximate surface area is 140 Å². The summed E-state index contributed by atoms with van der Waals surface area (Å²) in [5, 5.41) is 0. The van der Waals surface area contributed by atoms with Crippen molar-refractivity contribution in [2.75, 3.05) is 6.54 Å². The first-order valence-electron chi connectivity index (χ1n) is 8.62. The quantitative estimate of drug-likeness (QED) is 0.927. The van der Waals surface area contributed by atoms with E-state index in [1.54, 1.807) is 0 Å². The molecule has 1 aliphatic rings. The summed E-state index contributed by atoms with van der Waals surface area (Å²) in [6, 6.07) is 6.58. The Kier molecular flexibility index (Phi) is 5.69. The molecule has 0 radical (unpaired) electrons. The van der Waals surface area contributed by atoms with Gasteiger partial charge in [0, 0.05) is 18.6 Å². The molecule has 1 saturated heterocycles. The number of piperidine rings is 1. The topological polar surface area (TPSA) is 55.6 Å². The van der Waals surface area contributed by atoms with E-state index in [9.17, 15) is 4.79 Å². The standard InChI is InChI=1S/C19H30N2O2/c1-12(2)17-7-6-13(3)10-18(17)23-15(5)19(22)21-9-8-16(20)11-14(21)4/h6-7,10,12,14-16H,8-9,11,20H2,1-5H3/t14-,15+,16-/m0/s1. The van der Waals surface area contributed by atoms with Gasteiger partial charge in [0.2, 0.25) is 0 Å². The minimum absolute atomic E-state index is 0.0561. The number of nitrogens with zero attached hydrogens (tertiary/aromatic N) is 1. The number of carbonyl (C=O) groups excluding carboxylic acids is 1. The average Bonchev–Trinajstić information content (AvgIpc) is 2.46. The Bertz CT molecular complexity index is 556. The molecule has 0 bridgehead atoms. The van der Waals surface area contributed by atoms with Gasteiger partial charge in [-0.15, -0.1) is 0 Å². The van der Waals surface area contributed by atoms with Gasteiger partial charge in [0.25, 0.3) is 5.91 Å². The molecule has 2 N–H and O–H groups in total. The third-order valence-electron chi connectivity index (χ3n) is 4.64. The van der Waals surface area contributed by atoms with Crippen LogP contribution in [0.4, 0.5) is 0 Å². The number of hydrogen-bond donors (Lipinski definition) is 1. The van der Waals surface area contributed by atoms with Gasteiger partial charge in [-0.25, -0.2) is 0 Å². The first-order chi connectivity index (χ1) is 10.8. The van der Waals surface area contributed by atoms with E-state index in [-0.39, 0.29) is 18.0 Å². The highest BCUT2D eigenvalue weighted by Crippen LogP contribution is 2.29. The molecule has 0 saturated carbocycles. The van der Waals surface area contributed by atoms with Crippen molar-refractivity contribution >= 4 is 5.91 Å². The third kappa shape index (κ3) is 4.25. The Morgan fingerprint density at radius 3 is 2.65 bits per heavy atom. The lowest BCUT2D eigenvalue weighted by Crippen LogP contribution is -2.52. The van der Waals surface area contributed by atoms with Crippen LogP contribution in [0.5, 0.6) is 5.75 Å². The van der Waals surface area contributed by atoms with E-state index >= 15 is 0 Å². The van der Waals surface area contributed by atoms with Crippen molar-refractivity contribution in [2.24, 2.45) is 5.73 Å². The molecule has 0 spiro atoms. The number of nitrogens with two attached hydrogens (primary N) is 1. The predicted molar refractivity (Wildman–Crippen MR) is 93.7 cm³/mol. The van der Waals surface area contributed by atoms with Crippen molar-refractivity contribution in [1.82, 2.24) is 4.90 Å².